The lowest BCUT2D eigenvalue weighted by atomic mass is 9.89. The van der Waals surface area contributed by atoms with Gasteiger partial charge in [0.15, 0.2) is 0 Å². The molecule has 0 saturated heterocycles. The van der Waals surface area contributed by atoms with E-state index >= 15 is 0 Å². The summed E-state index contributed by atoms with van der Waals surface area (Å²) in [5.41, 5.74) is 2.25. The predicted octanol–water partition coefficient (Wildman–Crippen LogP) is 6.98. The standard InChI is InChI=1S/C25H40O4/c1-5-7-9-11-13-15-20-17-18-22(25(28)29-19(3)4)23(24(26)27)21(20)16-14-12-10-8-6-2/h17-19H,5-16H2,1-4H3,(H,26,27). The minimum atomic E-state index is -1.03. The zero-order valence-corrected chi connectivity index (χ0v) is 18.9. The smallest absolute Gasteiger partial charge is 0.339 e. The number of benzene rings is 1. The fraction of sp³-hybridized carbons (Fsp3) is 0.680. The zero-order valence-electron chi connectivity index (χ0n) is 18.9. The molecule has 0 aromatic heterocycles. The summed E-state index contributed by atoms with van der Waals surface area (Å²) in [4.78, 5) is 24.6. The van der Waals surface area contributed by atoms with E-state index in [2.05, 4.69) is 13.8 Å². The summed E-state index contributed by atoms with van der Waals surface area (Å²) >= 11 is 0. The van der Waals surface area contributed by atoms with Gasteiger partial charge in [-0.25, -0.2) is 9.59 Å². The van der Waals surface area contributed by atoms with Crippen molar-refractivity contribution in [3.8, 4) is 0 Å². The van der Waals surface area contributed by atoms with Crippen molar-refractivity contribution in [1.82, 2.24) is 0 Å². The fourth-order valence-electron chi connectivity index (χ4n) is 3.73. The van der Waals surface area contributed by atoms with E-state index in [4.69, 9.17) is 4.74 Å². The Kier molecular flexibility index (Phi) is 12.3. The molecule has 0 amide bonds. The second kappa shape index (κ2) is 14.2. The lowest BCUT2D eigenvalue weighted by molar-refractivity contribution is 0.0370. The van der Waals surface area contributed by atoms with Crippen molar-refractivity contribution in [1.29, 1.82) is 0 Å². The lowest BCUT2D eigenvalue weighted by Crippen LogP contribution is -2.18. The lowest BCUT2D eigenvalue weighted by Gasteiger charge is -2.17. The number of hydrogen-bond donors (Lipinski definition) is 1. The van der Waals surface area contributed by atoms with Crippen LogP contribution in [-0.4, -0.2) is 23.1 Å². The van der Waals surface area contributed by atoms with Gasteiger partial charge in [-0.2, -0.15) is 0 Å². The van der Waals surface area contributed by atoms with Gasteiger partial charge in [0.05, 0.1) is 17.2 Å². The average Bonchev–Trinajstić information content (AvgIpc) is 2.67. The van der Waals surface area contributed by atoms with E-state index in [-0.39, 0.29) is 17.2 Å². The van der Waals surface area contributed by atoms with Crippen LogP contribution in [0.2, 0.25) is 0 Å². The SMILES string of the molecule is CCCCCCCc1ccc(C(=O)OC(C)C)c(C(=O)O)c1CCCCCCC. The van der Waals surface area contributed by atoms with Crippen molar-refractivity contribution in [3.05, 3.63) is 34.4 Å². The van der Waals surface area contributed by atoms with E-state index in [1.807, 2.05) is 6.07 Å². The summed E-state index contributed by atoms with van der Waals surface area (Å²) in [6, 6.07) is 3.60. The Morgan fingerprint density at radius 3 is 1.93 bits per heavy atom. The number of carboxylic acids is 1. The molecule has 29 heavy (non-hydrogen) atoms. The molecule has 4 heteroatoms. The van der Waals surface area contributed by atoms with Gasteiger partial charge in [-0.3, -0.25) is 0 Å². The number of unbranched alkanes of at least 4 members (excludes halogenated alkanes) is 8. The van der Waals surface area contributed by atoms with Crippen molar-refractivity contribution < 1.29 is 19.4 Å². The van der Waals surface area contributed by atoms with Crippen LogP contribution in [0.1, 0.15) is 124 Å². The summed E-state index contributed by atoms with van der Waals surface area (Å²) in [7, 11) is 0. The average molecular weight is 405 g/mol. The molecular weight excluding hydrogens is 364 g/mol. The molecule has 0 spiro atoms. The Labute approximate surface area is 177 Å². The summed E-state index contributed by atoms with van der Waals surface area (Å²) < 4.78 is 5.30. The first-order chi connectivity index (χ1) is 13.9. The second-order valence-corrected chi connectivity index (χ2v) is 8.21. The van der Waals surface area contributed by atoms with Gasteiger partial charge >= 0.3 is 11.9 Å². The number of ether oxygens (including phenoxy) is 1. The number of hydrogen-bond acceptors (Lipinski definition) is 3. The molecular formula is C25H40O4. The minimum Gasteiger partial charge on any atom is -0.478 e. The van der Waals surface area contributed by atoms with E-state index < -0.39 is 11.9 Å². The third-order valence-electron chi connectivity index (χ3n) is 5.27. The monoisotopic (exact) mass is 404 g/mol. The molecule has 1 N–H and O–H groups in total. The van der Waals surface area contributed by atoms with Gasteiger partial charge in [-0.05, 0) is 56.7 Å². The van der Waals surface area contributed by atoms with E-state index in [1.165, 1.54) is 38.5 Å². The molecule has 0 fully saturated rings. The first kappa shape index (κ1) is 25.2. The third-order valence-corrected chi connectivity index (χ3v) is 5.27. The Balaban J connectivity index is 3.09. The fourth-order valence-corrected chi connectivity index (χ4v) is 3.73. The van der Waals surface area contributed by atoms with Crippen LogP contribution in [0.15, 0.2) is 12.1 Å². The summed E-state index contributed by atoms with van der Waals surface area (Å²) in [5.74, 6) is -1.57. The first-order valence-corrected chi connectivity index (χ1v) is 11.5. The normalized spacial score (nSPS) is 11.1. The Hall–Kier alpha value is -1.84. The quantitative estimate of drug-likeness (QED) is 0.253. The third kappa shape index (κ3) is 9.01. The molecule has 1 aromatic carbocycles. The van der Waals surface area contributed by atoms with Crippen molar-refractivity contribution in [2.75, 3.05) is 0 Å². The highest BCUT2D eigenvalue weighted by Crippen LogP contribution is 2.25. The molecule has 0 bridgehead atoms. The van der Waals surface area contributed by atoms with Gasteiger partial charge in [0, 0.05) is 0 Å². The zero-order chi connectivity index (χ0) is 21.6. The van der Waals surface area contributed by atoms with Crippen LogP contribution in [0.25, 0.3) is 0 Å². The number of esters is 1. The molecule has 0 atom stereocenters. The molecule has 0 aliphatic rings. The summed E-state index contributed by atoms with van der Waals surface area (Å²) in [6.07, 6.45) is 12.8. The number of aryl methyl sites for hydroxylation is 1. The van der Waals surface area contributed by atoms with E-state index in [0.29, 0.717) is 6.42 Å². The van der Waals surface area contributed by atoms with Crippen LogP contribution in [0.4, 0.5) is 0 Å². The largest absolute Gasteiger partial charge is 0.478 e. The molecule has 1 rings (SSSR count). The highest BCUT2D eigenvalue weighted by molar-refractivity contribution is 6.03. The molecule has 0 radical (unpaired) electrons. The highest BCUT2D eigenvalue weighted by Gasteiger charge is 2.24. The molecule has 0 aliphatic carbocycles. The molecule has 0 unspecified atom stereocenters. The number of rotatable bonds is 15. The Morgan fingerprint density at radius 2 is 1.41 bits per heavy atom. The van der Waals surface area contributed by atoms with Gasteiger partial charge in [0.25, 0.3) is 0 Å². The highest BCUT2D eigenvalue weighted by atomic mass is 16.5. The van der Waals surface area contributed by atoms with Crippen molar-refractivity contribution in [3.63, 3.8) is 0 Å². The summed E-state index contributed by atoms with van der Waals surface area (Å²) in [5, 5.41) is 9.93. The first-order valence-electron chi connectivity index (χ1n) is 11.5. The van der Waals surface area contributed by atoms with Crippen molar-refractivity contribution in [2.24, 2.45) is 0 Å². The number of carbonyl (C=O) groups excluding carboxylic acids is 1. The minimum absolute atomic E-state index is 0.150. The molecule has 4 nitrogen and oxygen atoms in total. The van der Waals surface area contributed by atoms with Gasteiger partial charge in [0.1, 0.15) is 0 Å². The predicted molar refractivity (Wildman–Crippen MR) is 119 cm³/mol. The van der Waals surface area contributed by atoms with Gasteiger partial charge in [-0.15, -0.1) is 0 Å². The maximum Gasteiger partial charge on any atom is 0.339 e. The van der Waals surface area contributed by atoms with E-state index in [1.54, 1.807) is 19.9 Å². The molecule has 0 saturated carbocycles. The van der Waals surface area contributed by atoms with Crippen molar-refractivity contribution in [2.45, 2.75) is 111 Å². The maximum atomic E-state index is 12.5. The molecule has 0 aliphatic heterocycles. The van der Waals surface area contributed by atoms with Crippen LogP contribution < -0.4 is 0 Å². The molecule has 1 aromatic rings. The topological polar surface area (TPSA) is 63.6 Å². The number of carbonyl (C=O) groups is 2. The number of carboxylic acid groups (broad SMARTS) is 1. The Bertz CT molecular complexity index is 634. The van der Waals surface area contributed by atoms with Gasteiger partial charge < -0.3 is 9.84 Å². The molecule has 0 heterocycles. The summed E-state index contributed by atoms with van der Waals surface area (Å²) in [6.45, 7) is 7.93. The maximum absolute atomic E-state index is 12.5. The molecule has 164 valence electrons. The second-order valence-electron chi connectivity index (χ2n) is 8.21. The van der Waals surface area contributed by atoms with E-state index in [9.17, 15) is 14.7 Å². The van der Waals surface area contributed by atoms with Crippen LogP contribution in [0, 0.1) is 0 Å². The Morgan fingerprint density at radius 1 is 0.862 bits per heavy atom. The van der Waals surface area contributed by atoms with Crippen LogP contribution in [-0.2, 0) is 17.6 Å². The number of aromatic carboxylic acids is 1. The van der Waals surface area contributed by atoms with Gasteiger partial charge in [0.2, 0.25) is 0 Å². The van der Waals surface area contributed by atoms with Crippen LogP contribution in [0.5, 0.6) is 0 Å². The van der Waals surface area contributed by atoms with Crippen LogP contribution >= 0.6 is 0 Å². The van der Waals surface area contributed by atoms with Crippen molar-refractivity contribution >= 4 is 11.9 Å². The van der Waals surface area contributed by atoms with Gasteiger partial charge in [-0.1, -0.05) is 71.3 Å². The van der Waals surface area contributed by atoms with E-state index in [0.717, 1.165) is 43.2 Å². The van der Waals surface area contributed by atoms with Crippen LogP contribution in [0.3, 0.4) is 0 Å².